The van der Waals surface area contributed by atoms with Crippen LogP contribution in [0.4, 0.5) is 5.69 Å². The number of hydrogen-bond acceptors (Lipinski definition) is 4. The smallest absolute Gasteiger partial charge is 0.269 e. The molecule has 1 aromatic rings. The molecule has 1 amide bonds. The highest BCUT2D eigenvalue weighted by molar-refractivity contribution is 6.01. The lowest BCUT2D eigenvalue weighted by Crippen LogP contribution is -2.41. The molecule has 0 spiro atoms. The molecular formula is C17H19N3O3. The Morgan fingerprint density at radius 1 is 1.35 bits per heavy atom. The van der Waals surface area contributed by atoms with Crippen LogP contribution in [0.15, 0.2) is 29.8 Å². The van der Waals surface area contributed by atoms with Gasteiger partial charge in [0.25, 0.3) is 11.6 Å². The number of nitro groups is 1. The van der Waals surface area contributed by atoms with E-state index in [1.54, 1.807) is 0 Å². The number of nitrogens with zero attached hydrogens (tertiary/aromatic N) is 2. The van der Waals surface area contributed by atoms with Crippen LogP contribution in [-0.4, -0.2) is 16.9 Å². The minimum atomic E-state index is -0.490. The molecule has 1 N–H and O–H groups in total. The molecule has 2 unspecified atom stereocenters. The van der Waals surface area contributed by atoms with E-state index in [4.69, 9.17) is 0 Å². The van der Waals surface area contributed by atoms with Crippen molar-refractivity contribution in [2.45, 2.75) is 38.6 Å². The fourth-order valence-electron chi connectivity index (χ4n) is 2.78. The van der Waals surface area contributed by atoms with Crippen LogP contribution >= 0.6 is 0 Å². The molecule has 0 bridgehead atoms. The molecule has 1 aromatic carbocycles. The van der Waals surface area contributed by atoms with Crippen LogP contribution in [-0.2, 0) is 4.79 Å². The van der Waals surface area contributed by atoms with Crippen molar-refractivity contribution >= 4 is 17.7 Å². The Hall–Kier alpha value is -2.68. The van der Waals surface area contributed by atoms with Crippen molar-refractivity contribution in [2.24, 2.45) is 5.92 Å². The summed E-state index contributed by atoms with van der Waals surface area (Å²) in [5.41, 5.74) is 0.566. The van der Waals surface area contributed by atoms with Crippen molar-refractivity contribution in [1.29, 1.82) is 5.26 Å². The molecule has 1 aliphatic rings. The second-order valence-electron chi connectivity index (χ2n) is 5.86. The number of amides is 1. The van der Waals surface area contributed by atoms with Gasteiger partial charge < -0.3 is 5.32 Å². The van der Waals surface area contributed by atoms with Crippen molar-refractivity contribution in [3.05, 3.63) is 45.5 Å². The minimum absolute atomic E-state index is 0.0108. The number of nitriles is 1. The van der Waals surface area contributed by atoms with E-state index < -0.39 is 4.92 Å². The highest BCUT2D eigenvalue weighted by Crippen LogP contribution is 2.24. The molecule has 1 saturated carbocycles. The lowest BCUT2D eigenvalue weighted by molar-refractivity contribution is -0.384. The van der Waals surface area contributed by atoms with Crippen LogP contribution in [0.2, 0.25) is 0 Å². The second kappa shape index (κ2) is 7.54. The van der Waals surface area contributed by atoms with Gasteiger partial charge in [-0.25, -0.2) is 0 Å². The molecule has 1 fully saturated rings. The van der Waals surface area contributed by atoms with Crippen LogP contribution in [0.5, 0.6) is 0 Å². The first kappa shape index (κ1) is 16.7. The quantitative estimate of drug-likeness (QED) is 0.399. The van der Waals surface area contributed by atoms with Gasteiger partial charge in [-0.05, 0) is 42.5 Å². The van der Waals surface area contributed by atoms with Gasteiger partial charge >= 0.3 is 0 Å². The van der Waals surface area contributed by atoms with E-state index in [0.29, 0.717) is 11.5 Å². The Kier molecular flexibility index (Phi) is 5.47. The average Bonchev–Trinajstić information content (AvgIpc) is 2.55. The number of non-ortho nitro benzene ring substituents is 1. The SMILES string of the molecule is CC1CCCCC1NC(=O)/C(C#N)=C\c1ccc([N+](=O)[O-])cc1. The van der Waals surface area contributed by atoms with Gasteiger partial charge in [0.2, 0.25) is 0 Å². The van der Waals surface area contributed by atoms with E-state index in [0.717, 1.165) is 19.3 Å². The standard InChI is InChI=1S/C17H19N3O3/c1-12-4-2-3-5-16(12)19-17(21)14(11-18)10-13-6-8-15(9-7-13)20(22)23/h6-10,12,16H,2-5H2,1H3,(H,19,21)/b14-10-. The maximum absolute atomic E-state index is 12.3. The third-order valence-corrected chi connectivity index (χ3v) is 4.21. The van der Waals surface area contributed by atoms with Crippen molar-refractivity contribution in [3.8, 4) is 6.07 Å². The van der Waals surface area contributed by atoms with Gasteiger partial charge in [-0.15, -0.1) is 0 Å². The van der Waals surface area contributed by atoms with Gasteiger partial charge in [0, 0.05) is 18.2 Å². The molecule has 0 aliphatic heterocycles. The van der Waals surface area contributed by atoms with E-state index in [9.17, 15) is 20.2 Å². The third kappa shape index (κ3) is 4.39. The van der Waals surface area contributed by atoms with Gasteiger partial charge in [0.15, 0.2) is 0 Å². The molecule has 23 heavy (non-hydrogen) atoms. The van der Waals surface area contributed by atoms with E-state index >= 15 is 0 Å². The number of carbonyl (C=O) groups excluding carboxylic acids is 1. The summed E-state index contributed by atoms with van der Waals surface area (Å²) in [4.78, 5) is 22.4. The predicted molar refractivity (Wildman–Crippen MR) is 86.2 cm³/mol. The number of benzene rings is 1. The molecule has 0 aromatic heterocycles. The van der Waals surface area contributed by atoms with E-state index in [1.165, 1.54) is 36.8 Å². The van der Waals surface area contributed by atoms with Crippen LogP contribution in [0.1, 0.15) is 38.2 Å². The summed E-state index contributed by atoms with van der Waals surface area (Å²) in [5.74, 6) is 0.0246. The number of nitro benzene ring substituents is 1. The summed E-state index contributed by atoms with van der Waals surface area (Å²) in [6.07, 6.45) is 5.73. The zero-order valence-corrected chi connectivity index (χ0v) is 13.0. The Bertz CT molecular complexity index is 659. The maximum Gasteiger partial charge on any atom is 0.269 e. The molecule has 0 heterocycles. The van der Waals surface area contributed by atoms with E-state index in [2.05, 4.69) is 12.2 Å². The minimum Gasteiger partial charge on any atom is -0.348 e. The summed E-state index contributed by atoms with van der Waals surface area (Å²) < 4.78 is 0. The molecule has 2 atom stereocenters. The number of carbonyl (C=O) groups is 1. The van der Waals surface area contributed by atoms with Gasteiger partial charge in [-0.1, -0.05) is 19.8 Å². The molecule has 1 aliphatic carbocycles. The van der Waals surface area contributed by atoms with Gasteiger partial charge in [0.1, 0.15) is 11.6 Å². The largest absolute Gasteiger partial charge is 0.348 e. The topological polar surface area (TPSA) is 96.0 Å². The van der Waals surface area contributed by atoms with Crippen molar-refractivity contribution in [1.82, 2.24) is 5.32 Å². The Morgan fingerprint density at radius 2 is 2.00 bits per heavy atom. The lowest BCUT2D eigenvalue weighted by atomic mass is 9.86. The molecular weight excluding hydrogens is 294 g/mol. The van der Waals surface area contributed by atoms with Gasteiger partial charge in [-0.3, -0.25) is 14.9 Å². The Balaban J connectivity index is 2.10. The van der Waals surface area contributed by atoms with Crippen LogP contribution in [0, 0.1) is 27.4 Å². The van der Waals surface area contributed by atoms with Crippen molar-refractivity contribution < 1.29 is 9.72 Å². The molecule has 2 rings (SSSR count). The highest BCUT2D eigenvalue weighted by Gasteiger charge is 2.24. The predicted octanol–water partition coefficient (Wildman–Crippen LogP) is 3.20. The first-order chi connectivity index (χ1) is 11.0. The summed E-state index contributed by atoms with van der Waals surface area (Å²) >= 11 is 0. The van der Waals surface area contributed by atoms with E-state index in [1.807, 2.05) is 6.07 Å². The van der Waals surface area contributed by atoms with Gasteiger partial charge in [-0.2, -0.15) is 5.26 Å². The zero-order chi connectivity index (χ0) is 16.8. The zero-order valence-electron chi connectivity index (χ0n) is 13.0. The number of nitrogens with one attached hydrogen (secondary N) is 1. The van der Waals surface area contributed by atoms with Gasteiger partial charge in [0.05, 0.1) is 4.92 Å². The number of rotatable bonds is 4. The summed E-state index contributed by atoms with van der Waals surface area (Å²) in [6, 6.07) is 7.75. The first-order valence-corrected chi connectivity index (χ1v) is 7.68. The molecule has 0 radical (unpaired) electrons. The Morgan fingerprint density at radius 3 is 2.57 bits per heavy atom. The summed E-state index contributed by atoms with van der Waals surface area (Å²) in [7, 11) is 0. The first-order valence-electron chi connectivity index (χ1n) is 7.68. The number of hydrogen-bond donors (Lipinski definition) is 1. The fourth-order valence-corrected chi connectivity index (χ4v) is 2.78. The Labute approximate surface area is 135 Å². The lowest BCUT2D eigenvalue weighted by Gasteiger charge is -2.29. The normalized spacial score (nSPS) is 21.3. The van der Waals surface area contributed by atoms with Crippen LogP contribution in [0.25, 0.3) is 6.08 Å². The summed E-state index contributed by atoms with van der Waals surface area (Å²) in [6.45, 7) is 2.11. The van der Waals surface area contributed by atoms with Crippen LogP contribution < -0.4 is 5.32 Å². The third-order valence-electron chi connectivity index (χ3n) is 4.21. The maximum atomic E-state index is 12.3. The monoisotopic (exact) mass is 313 g/mol. The molecule has 120 valence electrons. The van der Waals surface area contributed by atoms with Crippen molar-refractivity contribution in [2.75, 3.05) is 0 Å². The van der Waals surface area contributed by atoms with Crippen LogP contribution in [0.3, 0.4) is 0 Å². The highest BCUT2D eigenvalue weighted by atomic mass is 16.6. The second-order valence-corrected chi connectivity index (χ2v) is 5.86. The molecule has 6 heteroatoms. The van der Waals surface area contributed by atoms with E-state index in [-0.39, 0.29) is 23.2 Å². The summed E-state index contributed by atoms with van der Waals surface area (Å²) in [5, 5.41) is 22.8. The fraction of sp³-hybridized carbons (Fsp3) is 0.412. The molecule has 0 saturated heterocycles. The average molecular weight is 313 g/mol. The molecule has 6 nitrogen and oxygen atoms in total. The van der Waals surface area contributed by atoms with Crippen molar-refractivity contribution in [3.63, 3.8) is 0 Å².